The summed E-state index contributed by atoms with van der Waals surface area (Å²) in [6, 6.07) is 8.85. The van der Waals surface area contributed by atoms with E-state index < -0.39 is 0 Å². The van der Waals surface area contributed by atoms with E-state index in [4.69, 9.17) is 16.7 Å². The third-order valence-corrected chi connectivity index (χ3v) is 6.84. The first kappa shape index (κ1) is 19.9. The molecule has 0 aliphatic carbocycles. The van der Waals surface area contributed by atoms with Crippen molar-refractivity contribution in [3.63, 3.8) is 0 Å². The summed E-state index contributed by atoms with van der Waals surface area (Å²) in [5.41, 5.74) is 12.3. The Bertz CT molecular complexity index is 800. The molecule has 152 valence electrons. The van der Waals surface area contributed by atoms with Gasteiger partial charge in [-0.25, -0.2) is 0 Å². The summed E-state index contributed by atoms with van der Waals surface area (Å²) in [5.74, 6) is 1.14. The fourth-order valence-corrected chi connectivity index (χ4v) is 5.14. The Balaban J connectivity index is 1.46. The van der Waals surface area contributed by atoms with Crippen molar-refractivity contribution < 1.29 is 0 Å². The lowest BCUT2D eigenvalue weighted by molar-refractivity contribution is 0.139. The van der Waals surface area contributed by atoms with Gasteiger partial charge in [-0.15, -0.1) is 0 Å². The Morgan fingerprint density at radius 1 is 1.21 bits per heavy atom. The highest BCUT2D eigenvalue weighted by atomic mass is 35.5. The van der Waals surface area contributed by atoms with Crippen LogP contribution in [0.15, 0.2) is 24.3 Å². The highest BCUT2D eigenvalue weighted by Gasteiger charge is 2.36. The summed E-state index contributed by atoms with van der Waals surface area (Å²) in [7, 11) is 0. The van der Waals surface area contributed by atoms with Crippen molar-refractivity contribution in [2.24, 2.45) is 5.92 Å². The van der Waals surface area contributed by atoms with Crippen LogP contribution in [-0.4, -0.2) is 40.4 Å². The predicted octanol–water partition coefficient (Wildman–Crippen LogP) is 3.65. The molecule has 5 nitrogen and oxygen atoms in total. The first-order valence-electron chi connectivity index (χ1n) is 10.6. The molecule has 0 saturated carbocycles. The lowest BCUT2D eigenvalue weighted by atomic mass is 9.81. The second-order valence-corrected chi connectivity index (χ2v) is 8.75. The van der Waals surface area contributed by atoms with Gasteiger partial charge in [-0.3, -0.25) is 20.4 Å². The molecule has 4 rings (SSSR count). The van der Waals surface area contributed by atoms with Crippen LogP contribution in [0.25, 0.3) is 0 Å². The molecular formula is C22H32ClN5. The molecule has 6 heteroatoms. The van der Waals surface area contributed by atoms with E-state index in [1.165, 1.54) is 41.9 Å². The summed E-state index contributed by atoms with van der Waals surface area (Å²) >= 11 is 6.09. The molecule has 2 aliphatic heterocycles. The van der Waals surface area contributed by atoms with Gasteiger partial charge in [0.05, 0.1) is 5.69 Å². The maximum absolute atomic E-state index is 6.09. The normalized spacial score (nSPS) is 26.1. The van der Waals surface area contributed by atoms with Gasteiger partial charge in [-0.1, -0.05) is 23.7 Å². The van der Waals surface area contributed by atoms with Gasteiger partial charge in [-0.05, 0) is 63.8 Å². The number of nitrogens with one attached hydrogen (secondary N) is 2. The quantitative estimate of drug-likeness (QED) is 0.802. The lowest BCUT2D eigenvalue weighted by Crippen LogP contribution is -2.46. The molecule has 3 atom stereocenters. The molecule has 1 aromatic heterocycles. The number of piperidine rings is 1. The first-order valence-corrected chi connectivity index (χ1v) is 10.9. The first-order chi connectivity index (χ1) is 13.6. The van der Waals surface area contributed by atoms with Gasteiger partial charge in [0.1, 0.15) is 0 Å². The SMILES string of the molecule is CCn1nc(C)c(CN2CCCC(C3NNCC3c3ccc(Cl)cc3)C2)c1C. The van der Waals surface area contributed by atoms with Crippen LogP contribution in [0.1, 0.15) is 48.2 Å². The topological polar surface area (TPSA) is 45.1 Å². The van der Waals surface area contributed by atoms with Crippen LogP contribution in [0.4, 0.5) is 0 Å². The van der Waals surface area contributed by atoms with Gasteiger partial charge >= 0.3 is 0 Å². The number of rotatable bonds is 5. The summed E-state index contributed by atoms with van der Waals surface area (Å²) in [5, 5.41) is 5.51. The van der Waals surface area contributed by atoms with Gasteiger partial charge in [0.25, 0.3) is 0 Å². The van der Waals surface area contributed by atoms with Gasteiger partial charge in [-0.2, -0.15) is 5.10 Å². The van der Waals surface area contributed by atoms with Gasteiger partial charge in [0, 0.05) is 54.4 Å². The monoisotopic (exact) mass is 401 g/mol. The molecule has 2 saturated heterocycles. The van der Waals surface area contributed by atoms with Crippen molar-refractivity contribution in [3.8, 4) is 0 Å². The Morgan fingerprint density at radius 2 is 2.00 bits per heavy atom. The van der Waals surface area contributed by atoms with E-state index in [2.05, 4.69) is 53.3 Å². The standard InChI is InChI=1S/C22H32ClN5/c1-4-28-16(3)21(15(2)26-28)14-27-11-5-6-18(13-27)22-20(12-24-25-22)17-7-9-19(23)10-8-17/h7-10,18,20,22,24-25H,4-6,11-14H2,1-3H3. The van der Waals surface area contributed by atoms with E-state index in [1.54, 1.807) is 0 Å². The van der Waals surface area contributed by atoms with Gasteiger partial charge < -0.3 is 0 Å². The number of hydrazine groups is 1. The molecule has 0 radical (unpaired) electrons. The predicted molar refractivity (Wildman–Crippen MR) is 114 cm³/mol. The second-order valence-electron chi connectivity index (χ2n) is 8.31. The van der Waals surface area contributed by atoms with E-state index in [0.717, 1.165) is 31.2 Å². The van der Waals surface area contributed by atoms with Crippen LogP contribution in [-0.2, 0) is 13.1 Å². The summed E-state index contributed by atoms with van der Waals surface area (Å²) in [4.78, 5) is 2.63. The average Bonchev–Trinajstić information content (AvgIpc) is 3.29. The number of aromatic nitrogens is 2. The Labute approximate surface area is 173 Å². The maximum atomic E-state index is 6.09. The van der Waals surface area contributed by atoms with Crippen molar-refractivity contribution in [3.05, 3.63) is 51.8 Å². The number of nitrogens with zero attached hydrogens (tertiary/aromatic N) is 3. The highest BCUT2D eigenvalue weighted by molar-refractivity contribution is 6.30. The fourth-order valence-electron chi connectivity index (χ4n) is 5.02. The van der Waals surface area contributed by atoms with Crippen LogP contribution < -0.4 is 10.9 Å². The van der Waals surface area contributed by atoms with Crippen molar-refractivity contribution >= 4 is 11.6 Å². The number of benzene rings is 1. The second kappa shape index (κ2) is 8.54. The molecule has 3 unspecified atom stereocenters. The highest BCUT2D eigenvalue weighted by Crippen LogP contribution is 2.33. The van der Waals surface area contributed by atoms with Crippen molar-refractivity contribution in [2.75, 3.05) is 19.6 Å². The Hall–Kier alpha value is -1.40. The van der Waals surface area contributed by atoms with Gasteiger partial charge in [0.15, 0.2) is 0 Å². The van der Waals surface area contributed by atoms with Crippen LogP contribution in [0.3, 0.4) is 0 Å². The molecule has 0 spiro atoms. The minimum absolute atomic E-state index is 0.463. The molecule has 0 bridgehead atoms. The number of likely N-dealkylation sites (tertiary alicyclic amines) is 1. The molecule has 2 aliphatic rings. The average molecular weight is 402 g/mol. The molecule has 2 fully saturated rings. The lowest BCUT2D eigenvalue weighted by Gasteiger charge is -2.37. The van der Waals surface area contributed by atoms with Crippen molar-refractivity contribution in [1.29, 1.82) is 0 Å². The molecule has 2 aromatic rings. The third kappa shape index (κ3) is 3.99. The van der Waals surface area contributed by atoms with E-state index in [1.807, 2.05) is 12.1 Å². The maximum Gasteiger partial charge on any atom is 0.0641 e. The minimum Gasteiger partial charge on any atom is -0.299 e. The van der Waals surface area contributed by atoms with E-state index in [9.17, 15) is 0 Å². The smallest absolute Gasteiger partial charge is 0.0641 e. The van der Waals surface area contributed by atoms with Crippen LogP contribution in [0, 0.1) is 19.8 Å². The van der Waals surface area contributed by atoms with Crippen LogP contribution >= 0.6 is 11.6 Å². The molecular weight excluding hydrogens is 370 g/mol. The van der Waals surface area contributed by atoms with E-state index in [-0.39, 0.29) is 0 Å². The summed E-state index contributed by atoms with van der Waals surface area (Å²) in [6.45, 7) is 11.8. The largest absolute Gasteiger partial charge is 0.299 e. The van der Waals surface area contributed by atoms with Gasteiger partial charge in [0.2, 0.25) is 0 Å². The van der Waals surface area contributed by atoms with Crippen molar-refractivity contribution in [1.82, 2.24) is 25.5 Å². The fraction of sp³-hybridized carbons (Fsp3) is 0.591. The summed E-state index contributed by atoms with van der Waals surface area (Å²) in [6.07, 6.45) is 2.54. The third-order valence-electron chi connectivity index (χ3n) is 6.58. The summed E-state index contributed by atoms with van der Waals surface area (Å²) < 4.78 is 2.13. The zero-order chi connectivity index (χ0) is 19.7. The zero-order valence-electron chi connectivity index (χ0n) is 17.2. The molecule has 2 N–H and O–H groups in total. The zero-order valence-corrected chi connectivity index (χ0v) is 18.0. The number of halogens is 1. The molecule has 3 heterocycles. The van der Waals surface area contributed by atoms with E-state index >= 15 is 0 Å². The molecule has 1 aromatic carbocycles. The van der Waals surface area contributed by atoms with Crippen LogP contribution in [0.5, 0.6) is 0 Å². The van der Waals surface area contributed by atoms with Crippen molar-refractivity contribution in [2.45, 2.75) is 58.7 Å². The van der Waals surface area contributed by atoms with E-state index in [0.29, 0.717) is 17.9 Å². The molecule has 0 amide bonds. The van der Waals surface area contributed by atoms with Crippen LogP contribution in [0.2, 0.25) is 5.02 Å². The number of hydrogen-bond donors (Lipinski definition) is 2. The Kier molecular flexibility index (Phi) is 6.07. The minimum atomic E-state index is 0.463. The Morgan fingerprint density at radius 3 is 2.71 bits per heavy atom. The number of hydrogen-bond acceptors (Lipinski definition) is 4. The molecule has 28 heavy (non-hydrogen) atoms. The number of aryl methyl sites for hydroxylation is 2.